The Morgan fingerprint density at radius 1 is 0.356 bits per heavy atom. The summed E-state index contributed by atoms with van der Waals surface area (Å²) in [4.78, 5) is 1.29. The maximum Gasteiger partial charge on any atom is 0.137 e. The van der Waals surface area contributed by atoms with Crippen LogP contribution in [0.25, 0.3) is 66.1 Å². The number of furan rings is 2. The second kappa shape index (κ2) is 10.3. The van der Waals surface area contributed by atoms with Gasteiger partial charge in [-0.3, -0.25) is 0 Å². The number of anilines is 3. The van der Waals surface area contributed by atoms with Crippen LogP contribution in [0.15, 0.2) is 172 Å². The van der Waals surface area contributed by atoms with Gasteiger partial charge in [-0.05, 0) is 82.8 Å². The van der Waals surface area contributed by atoms with Crippen LogP contribution in [0.5, 0.6) is 0 Å². The molecule has 0 amide bonds. The molecule has 2 heterocycles. The number of hydrogen-bond acceptors (Lipinski definition) is 3. The second-order valence-corrected chi connectivity index (χ2v) is 10.7. The van der Waals surface area contributed by atoms with Gasteiger partial charge in [0.2, 0.25) is 0 Å². The Morgan fingerprint density at radius 3 is 1.47 bits per heavy atom. The molecule has 9 aromatic rings. The van der Waals surface area contributed by atoms with E-state index in [1.165, 1.54) is 4.90 Å². The molecule has 0 bridgehead atoms. The van der Waals surface area contributed by atoms with Crippen LogP contribution in [0.2, 0.25) is 0 Å². The molecule has 0 aliphatic carbocycles. The van der Waals surface area contributed by atoms with Gasteiger partial charge in [-0.25, -0.2) is 0 Å². The average molecular weight is 586 g/mol. The number of benzene rings is 7. The maximum absolute atomic E-state index is 9.38. The number of para-hydroxylation sites is 2. The van der Waals surface area contributed by atoms with Crippen molar-refractivity contribution in [2.24, 2.45) is 0 Å². The Morgan fingerprint density at radius 2 is 0.844 bits per heavy atom. The van der Waals surface area contributed by atoms with Crippen LogP contribution in [0.3, 0.4) is 0 Å². The third kappa shape index (κ3) is 4.37. The van der Waals surface area contributed by atoms with Crippen LogP contribution in [-0.4, -0.2) is 0 Å². The van der Waals surface area contributed by atoms with Crippen LogP contribution in [0.1, 0.15) is 11.0 Å². The number of nitrogens with zero attached hydrogens (tertiary/aromatic N) is 1. The minimum absolute atomic E-state index is 0.0535. The van der Waals surface area contributed by atoms with E-state index in [0.717, 1.165) is 21.5 Å². The first kappa shape index (κ1) is 18.6. The van der Waals surface area contributed by atoms with Crippen molar-refractivity contribution < 1.29 is 19.8 Å². The van der Waals surface area contributed by atoms with E-state index in [-0.39, 0.29) is 52.4 Å². The summed E-state index contributed by atoms with van der Waals surface area (Å²) in [5.74, 6) is 0. The summed E-state index contributed by atoms with van der Waals surface area (Å²) in [6.07, 6.45) is 0. The SMILES string of the molecule is [2H]c1c([2H])c(N(c2ccc3c(c2)oc2ccccc23)c2c([2H])c([2H])c(-c3ccc4c(c3)oc3ccccc34)c([2H])c2[2H])c([2H])c([2H])c1-c1ccccc1. The molecule has 0 fully saturated rings. The van der Waals surface area contributed by atoms with E-state index in [1.807, 2.05) is 54.6 Å². The molecule has 0 atom stereocenters. The summed E-state index contributed by atoms with van der Waals surface area (Å²) < 4.78 is 86.2. The van der Waals surface area contributed by atoms with E-state index in [9.17, 15) is 8.22 Å². The maximum atomic E-state index is 9.38. The highest BCUT2D eigenvalue weighted by Crippen LogP contribution is 2.40. The van der Waals surface area contributed by atoms with Gasteiger partial charge in [-0.2, -0.15) is 0 Å². The highest BCUT2D eigenvalue weighted by Gasteiger charge is 2.16. The van der Waals surface area contributed by atoms with Crippen molar-refractivity contribution in [2.75, 3.05) is 4.90 Å². The Hall–Kier alpha value is -6.06. The number of hydrogen-bond donors (Lipinski definition) is 0. The fraction of sp³-hybridized carbons (Fsp3) is 0. The average Bonchev–Trinajstić information content (AvgIpc) is 3.74. The lowest BCUT2D eigenvalue weighted by Crippen LogP contribution is -2.09. The molecular formula is C42H27NO2. The number of fused-ring (bicyclic) bond motifs is 6. The Bertz CT molecular complexity index is 2900. The van der Waals surface area contributed by atoms with Gasteiger partial charge in [0.05, 0.1) is 11.0 Å². The van der Waals surface area contributed by atoms with Crippen LogP contribution in [0.4, 0.5) is 17.1 Å². The van der Waals surface area contributed by atoms with E-state index in [4.69, 9.17) is 11.6 Å². The molecule has 0 saturated carbocycles. The zero-order valence-corrected chi connectivity index (χ0v) is 23.7. The molecule has 212 valence electrons. The summed E-state index contributed by atoms with van der Waals surface area (Å²) in [5, 5.41) is 3.43. The molecule has 0 N–H and O–H groups in total. The number of rotatable bonds is 5. The summed E-state index contributed by atoms with van der Waals surface area (Å²) in [6, 6.07) is 31.2. The van der Waals surface area contributed by atoms with E-state index in [2.05, 4.69) is 0 Å². The largest absolute Gasteiger partial charge is 0.456 e. The predicted molar refractivity (Wildman–Crippen MR) is 187 cm³/mol. The van der Waals surface area contributed by atoms with Crippen molar-refractivity contribution in [3.63, 3.8) is 0 Å². The monoisotopic (exact) mass is 585 g/mol. The minimum Gasteiger partial charge on any atom is -0.456 e. The van der Waals surface area contributed by atoms with Gasteiger partial charge >= 0.3 is 0 Å². The van der Waals surface area contributed by atoms with Crippen molar-refractivity contribution >= 4 is 60.9 Å². The van der Waals surface area contributed by atoms with Gasteiger partial charge in [-0.15, -0.1) is 0 Å². The van der Waals surface area contributed by atoms with Crippen LogP contribution in [0, 0.1) is 0 Å². The van der Waals surface area contributed by atoms with Gasteiger partial charge in [0.15, 0.2) is 0 Å². The lowest BCUT2D eigenvalue weighted by atomic mass is 10.0. The third-order valence-electron chi connectivity index (χ3n) is 8.02. The molecule has 45 heavy (non-hydrogen) atoms. The first-order valence-electron chi connectivity index (χ1n) is 18.5. The molecule has 0 spiro atoms. The lowest BCUT2D eigenvalue weighted by Gasteiger charge is -2.26. The van der Waals surface area contributed by atoms with Crippen molar-refractivity contribution in [3.8, 4) is 22.3 Å². The summed E-state index contributed by atoms with van der Waals surface area (Å²) in [5.41, 5.74) is 3.19. The lowest BCUT2D eigenvalue weighted by molar-refractivity contribution is 0.668. The Labute approximate surface area is 271 Å². The molecule has 0 radical (unpaired) electrons. The van der Waals surface area contributed by atoms with Gasteiger partial charge in [0.25, 0.3) is 0 Å². The molecular weight excluding hydrogens is 550 g/mol. The van der Waals surface area contributed by atoms with Gasteiger partial charge in [-0.1, -0.05) is 97.0 Å². The third-order valence-corrected chi connectivity index (χ3v) is 8.02. The standard InChI is InChI=1S/C42H27NO2/c1-2-8-28(9-3-1)29-14-19-32(20-15-29)43(34-23-25-38-36-11-5-7-13-40(36)45-42(38)27-34)33-21-16-30(17-22-33)31-18-24-37-35-10-4-6-12-39(35)44-41(37)26-31/h1-27H/i14D,15D,16D,17D,19D,20D,21D,22D. The van der Waals surface area contributed by atoms with E-state index >= 15 is 0 Å². The topological polar surface area (TPSA) is 29.5 Å². The first-order chi connectivity index (χ1) is 25.6. The molecule has 2 aromatic heterocycles. The highest BCUT2D eigenvalue weighted by molar-refractivity contribution is 6.07. The van der Waals surface area contributed by atoms with E-state index in [1.54, 1.807) is 60.7 Å². The molecule has 0 saturated heterocycles. The van der Waals surface area contributed by atoms with Crippen molar-refractivity contribution in [3.05, 3.63) is 164 Å². The van der Waals surface area contributed by atoms with Gasteiger partial charge in [0, 0.05) is 44.7 Å². The molecule has 0 aliphatic rings. The zero-order valence-electron chi connectivity index (χ0n) is 31.7. The van der Waals surface area contributed by atoms with E-state index in [0.29, 0.717) is 33.5 Å². The van der Waals surface area contributed by atoms with Crippen LogP contribution < -0.4 is 4.90 Å². The fourth-order valence-corrected chi connectivity index (χ4v) is 5.83. The van der Waals surface area contributed by atoms with Gasteiger partial charge < -0.3 is 13.7 Å². The van der Waals surface area contributed by atoms with Crippen molar-refractivity contribution in [1.82, 2.24) is 0 Å². The summed E-state index contributed by atoms with van der Waals surface area (Å²) in [6.45, 7) is 0. The minimum atomic E-state index is -0.431. The Balaban J connectivity index is 1.30. The smallest absolute Gasteiger partial charge is 0.137 e. The van der Waals surface area contributed by atoms with Gasteiger partial charge in [0.1, 0.15) is 22.3 Å². The summed E-state index contributed by atoms with van der Waals surface area (Å²) >= 11 is 0. The molecule has 0 aliphatic heterocycles. The molecule has 0 unspecified atom stereocenters. The highest BCUT2D eigenvalue weighted by atomic mass is 16.3. The molecule has 3 heteroatoms. The second-order valence-electron chi connectivity index (χ2n) is 10.7. The van der Waals surface area contributed by atoms with Crippen molar-refractivity contribution in [1.29, 1.82) is 0 Å². The van der Waals surface area contributed by atoms with Crippen LogP contribution in [-0.2, 0) is 0 Å². The van der Waals surface area contributed by atoms with Crippen LogP contribution >= 0.6 is 0 Å². The normalized spacial score (nSPS) is 14.0. The molecule has 9 rings (SSSR count). The van der Waals surface area contributed by atoms with Crippen molar-refractivity contribution in [2.45, 2.75) is 0 Å². The predicted octanol–water partition coefficient (Wildman–Crippen LogP) is 12.3. The molecule has 3 nitrogen and oxygen atoms in total. The zero-order chi connectivity index (χ0) is 36.7. The molecule has 7 aromatic carbocycles. The fourth-order valence-electron chi connectivity index (χ4n) is 5.83. The first-order valence-corrected chi connectivity index (χ1v) is 14.5. The van der Waals surface area contributed by atoms with E-state index < -0.39 is 24.2 Å². The quantitative estimate of drug-likeness (QED) is 0.201. The Kier molecular flexibility index (Phi) is 4.25. The summed E-state index contributed by atoms with van der Waals surface area (Å²) in [7, 11) is 0.